The van der Waals surface area contributed by atoms with E-state index in [0.717, 1.165) is 0 Å². The molecule has 0 aromatic carbocycles. The van der Waals surface area contributed by atoms with E-state index in [-0.39, 0.29) is 57.5 Å². The fourth-order valence-electron chi connectivity index (χ4n) is 0. The van der Waals surface area contributed by atoms with Crippen molar-refractivity contribution in [2.24, 2.45) is 0 Å². The van der Waals surface area contributed by atoms with Gasteiger partial charge in [-0.25, -0.2) is 5.26 Å². The smallest absolute Gasteiger partial charge is 0.696 e. The topological polar surface area (TPSA) is 130 Å². The molecule has 3 N–H and O–H groups in total. The molecule has 0 aromatic rings. The normalized spacial score (nSPS) is 2.21. The number of thiol groups is 3. The minimum Gasteiger partial charge on any atom is -0.696 e. The fraction of sp³-hybridized carbons (Fsp3) is 0. The molecule has 0 aliphatic carbocycles. The maximum absolute atomic E-state index is 7.18. The largest absolute Gasteiger partial charge is 1.00 e. The third-order valence-corrected chi connectivity index (χ3v) is 0. The molecule has 14 heavy (non-hydrogen) atoms. The summed E-state index contributed by atoms with van der Waals surface area (Å²) in [4.78, 5) is 0. The van der Waals surface area contributed by atoms with Gasteiger partial charge in [-0.2, -0.15) is 15.8 Å². The summed E-state index contributed by atoms with van der Waals surface area (Å²) >= 11 is 13.0. The molecule has 0 aliphatic heterocycles. The monoisotopic (exact) mass is 291 g/mol. The van der Waals surface area contributed by atoms with Crippen LogP contribution in [-0.2, 0) is 12.6 Å². The van der Waals surface area contributed by atoms with Crippen LogP contribution in [0.5, 0.6) is 0 Å². The van der Waals surface area contributed by atoms with Crippen molar-refractivity contribution in [1.29, 1.82) is 21.0 Å². The number of rotatable bonds is 0. The van der Waals surface area contributed by atoms with Crippen molar-refractivity contribution < 1.29 is 51.4 Å². The molecule has 0 bridgehead atoms. The Bertz CT molecular complexity index is 160. The summed E-state index contributed by atoms with van der Waals surface area (Å²) in [6.07, 6.45) is 0. The summed E-state index contributed by atoms with van der Waals surface area (Å²) in [6, 6.07) is 0. The summed E-state index contributed by atoms with van der Waals surface area (Å²) in [5.41, 5.74) is 0. The van der Waals surface area contributed by atoms with Gasteiger partial charge in [0.1, 0.15) is 16.2 Å². The average Bonchev–Trinajstić information content (AvgIpc) is 1.92. The van der Waals surface area contributed by atoms with Crippen LogP contribution in [0.2, 0.25) is 0 Å². The molecule has 0 aromatic heterocycles. The predicted octanol–water partition coefficient (Wildman–Crippen LogP) is -1.63. The number of nitriles is 4. The summed E-state index contributed by atoms with van der Waals surface area (Å²) in [5.74, 6) is 0. The van der Waals surface area contributed by atoms with Gasteiger partial charge in [-0.1, -0.05) is 43.3 Å². The Morgan fingerprint density at radius 1 is 0.786 bits per heavy atom. The van der Waals surface area contributed by atoms with Gasteiger partial charge in [0.05, 0.1) is 0 Å². The van der Waals surface area contributed by atoms with Crippen LogP contribution in [0.4, 0.5) is 0 Å². The maximum atomic E-state index is 7.18. The first-order chi connectivity index (χ1) is 5.66. The molecule has 0 rings (SSSR count). The van der Waals surface area contributed by atoms with Crippen molar-refractivity contribution in [2.75, 3.05) is 0 Å². The molecule has 0 atom stereocenters. The Balaban J connectivity index is -0.0000000145. The Kier molecular flexibility index (Phi) is 254. The summed E-state index contributed by atoms with van der Waals surface area (Å²) < 4.78 is 0. The third-order valence-electron chi connectivity index (χ3n) is 0. The second kappa shape index (κ2) is 97.7. The van der Waals surface area contributed by atoms with Crippen LogP contribution in [0.15, 0.2) is 0 Å². The van der Waals surface area contributed by atoms with Crippen molar-refractivity contribution in [2.45, 2.75) is 0 Å². The quantitative estimate of drug-likeness (QED) is 0.183. The van der Waals surface area contributed by atoms with E-state index in [4.69, 9.17) is 21.0 Å². The zero-order chi connectivity index (χ0) is 10.8. The zero-order valence-corrected chi connectivity index (χ0v) is 13.9. The molecule has 0 heterocycles. The average molecular weight is 291 g/mol. The van der Waals surface area contributed by atoms with Crippen LogP contribution in [0.25, 0.3) is 0 Å². The Labute approximate surface area is 148 Å². The van der Waals surface area contributed by atoms with Crippen LogP contribution in [0, 0.1) is 42.7 Å². The van der Waals surface area contributed by atoms with Crippen LogP contribution in [0.1, 0.15) is 0 Å². The van der Waals surface area contributed by atoms with E-state index in [0.29, 0.717) is 0 Å². The van der Waals surface area contributed by atoms with E-state index in [9.17, 15) is 0 Å². The molecule has 72 valence electrons. The van der Waals surface area contributed by atoms with Gasteiger partial charge in [0, 0.05) is 0 Å². The molecule has 0 spiro atoms. The first-order valence-corrected chi connectivity index (χ1v) is 3.52. The van der Waals surface area contributed by atoms with Crippen LogP contribution in [0.3, 0.4) is 0 Å². The van der Waals surface area contributed by atoms with Gasteiger partial charge in [0.25, 0.3) is 0 Å². The van der Waals surface area contributed by atoms with E-state index < -0.39 is 0 Å². The summed E-state index contributed by atoms with van der Waals surface area (Å²) in [5, 5.41) is 34.4. The van der Waals surface area contributed by atoms with E-state index in [1.165, 1.54) is 21.6 Å². The summed E-state index contributed by atoms with van der Waals surface area (Å²) in [6.45, 7) is 0. The molecule has 0 saturated heterocycles. The minimum atomic E-state index is 0. The van der Waals surface area contributed by atoms with E-state index >= 15 is 0 Å². The number of nitrogens with zero attached hydrogens (tertiary/aromatic N) is 4. The van der Waals surface area contributed by atoms with Crippen molar-refractivity contribution in [1.82, 2.24) is 6.15 Å². The second-order valence-corrected chi connectivity index (χ2v) is 1.17. The van der Waals surface area contributed by atoms with E-state index in [1.54, 1.807) is 0 Å². The van der Waals surface area contributed by atoms with Gasteiger partial charge < -0.3 is 18.8 Å². The fourth-order valence-corrected chi connectivity index (χ4v) is 0. The molecule has 0 aliphatic rings. The van der Waals surface area contributed by atoms with Gasteiger partial charge in [-0.3, -0.25) is 0 Å². The third kappa shape index (κ3) is 2630. The molecule has 10 heteroatoms. The van der Waals surface area contributed by atoms with Crippen LogP contribution in [-0.4, -0.2) is 0 Å². The summed E-state index contributed by atoms with van der Waals surface area (Å²) in [7, 11) is 0. The molecule has 0 amide bonds. The molecule has 0 fully saturated rings. The molecule has 5 nitrogen and oxygen atoms in total. The van der Waals surface area contributed by atoms with Gasteiger partial charge in [-0.05, 0) is 0 Å². The van der Waals surface area contributed by atoms with Crippen LogP contribution >= 0.6 is 37.9 Å². The first kappa shape index (κ1) is 36.4. The van der Waals surface area contributed by atoms with Crippen LogP contribution < -0.4 is 57.5 Å². The zero-order valence-electron chi connectivity index (χ0n) is 7.25. The van der Waals surface area contributed by atoms with Gasteiger partial charge >= 0.3 is 51.4 Å². The predicted molar refractivity (Wildman–Crippen MR) is 61.8 cm³/mol. The van der Waals surface area contributed by atoms with Crippen molar-refractivity contribution in [3.05, 3.63) is 0 Å². The van der Waals surface area contributed by atoms with E-state index in [2.05, 4.69) is 50.5 Å². The van der Waals surface area contributed by atoms with Gasteiger partial charge in [0.2, 0.25) is 0 Å². The first-order valence-electron chi connectivity index (χ1n) is 1.77. The second-order valence-electron chi connectivity index (χ2n) is 0.391. The number of hydrogen-bond acceptors (Lipinski definition) is 9. The Morgan fingerprint density at radius 3 is 0.786 bits per heavy atom. The van der Waals surface area contributed by atoms with Gasteiger partial charge in [-0.15, -0.1) is 0 Å². The maximum Gasteiger partial charge on any atom is 1.00 e. The Morgan fingerprint density at radius 2 is 0.786 bits per heavy atom. The van der Waals surface area contributed by atoms with Crippen molar-refractivity contribution in [3.8, 4) is 21.6 Å². The van der Waals surface area contributed by atoms with E-state index in [1.807, 2.05) is 0 Å². The molecular formula is C4H6KN5S4. The molecular weight excluding hydrogens is 285 g/mol. The SMILES string of the molecule is N.N#CS.N#CS.N#CS.N#C[S-].[K+]. The Hall–Kier alpha value is 0.826. The standard InChI is InChI=1S/4CHNS.K.H3N/c4*2-1-3;;/h4*3H;;1H3/q;;;;+1;/p-1. The van der Waals surface area contributed by atoms with Crippen molar-refractivity contribution in [3.63, 3.8) is 0 Å². The minimum absolute atomic E-state index is 0. The van der Waals surface area contributed by atoms with Gasteiger partial charge in [0.15, 0.2) is 0 Å². The molecule has 0 saturated carbocycles. The molecule has 0 radical (unpaired) electrons. The van der Waals surface area contributed by atoms with Crippen molar-refractivity contribution >= 4 is 50.5 Å². The number of thiocyanates is 4. The number of hydrogen-bond donors (Lipinski definition) is 4. The molecule has 0 unspecified atom stereocenters.